The van der Waals surface area contributed by atoms with Gasteiger partial charge in [0.05, 0.1) is 6.26 Å². The summed E-state index contributed by atoms with van der Waals surface area (Å²) in [5.41, 5.74) is 0. The third-order valence-corrected chi connectivity index (χ3v) is 3.09. The molecule has 0 aromatic heterocycles. The fourth-order valence-electron chi connectivity index (χ4n) is 1.20. The molecule has 1 fully saturated rings. The molecule has 1 heterocycles. The van der Waals surface area contributed by atoms with Gasteiger partial charge in [-0.25, -0.2) is 12.7 Å². The summed E-state index contributed by atoms with van der Waals surface area (Å²) in [6.07, 6.45) is 4.49. The second-order valence-corrected chi connectivity index (χ2v) is 4.71. The minimum absolute atomic E-state index is 0. The topological polar surface area (TPSA) is 37.4 Å². The summed E-state index contributed by atoms with van der Waals surface area (Å²) in [6.45, 7) is 1.44. The summed E-state index contributed by atoms with van der Waals surface area (Å²) in [5.74, 6) is 0. The molecule has 1 saturated heterocycles. The molecule has 1 aliphatic rings. The molecule has 68 valence electrons. The Labute approximate surface area is 74.2 Å². The van der Waals surface area contributed by atoms with Crippen molar-refractivity contribution in [1.29, 1.82) is 0 Å². The fourth-order valence-corrected chi connectivity index (χ4v) is 2.12. The normalized spacial score (nSPS) is 20.8. The minimum Gasteiger partial charge on any atom is -0.213 e. The lowest BCUT2D eigenvalue weighted by Crippen LogP contribution is -2.34. The van der Waals surface area contributed by atoms with Crippen LogP contribution < -0.4 is 0 Å². The predicted octanol–water partition coefficient (Wildman–Crippen LogP) is 0.854. The first-order valence-corrected chi connectivity index (χ1v) is 5.40. The smallest absolute Gasteiger partial charge is 0.211 e. The third-order valence-electron chi connectivity index (χ3n) is 1.78. The number of hydrogen-bond acceptors (Lipinski definition) is 2. The molecule has 1 rings (SSSR count). The molecule has 0 aromatic carbocycles. The van der Waals surface area contributed by atoms with E-state index in [1.807, 2.05) is 0 Å². The number of nitrogens with zero attached hydrogens (tertiary/aromatic N) is 1. The minimum atomic E-state index is -2.89. The molecule has 0 amide bonds. The lowest BCUT2D eigenvalue weighted by molar-refractivity contribution is 0.349. The number of rotatable bonds is 1. The van der Waals surface area contributed by atoms with Gasteiger partial charge in [-0.1, -0.05) is 6.42 Å². The van der Waals surface area contributed by atoms with Crippen molar-refractivity contribution >= 4 is 22.4 Å². The van der Waals surface area contributed by atoms with Gasteiger partial charge in [-0.05, 0) is 12.8 Å². The van der Waals surface area contributed by atoms with E-state index < -0.39 is 10.0 Å². The van der Waals surface area contributed by atoms with Crippen LogP contribution >= 0.6 is 12.4 Å². The van der Waals surface area contributed by atoms with Crippen LogP contribution in [0.15, 0.2) is 0 Å². The van der Waals surface area contributed by atoms with Crippen LogP contribution in [0.1, 0.15) is 19.3 Å². The zero-order valence-electron chi connectivity index (χ0n) is 6.62. The van der Waals surface area contributed by atoms with Crippen LogP contribution in [0.3, 0.4) is 0 Å². The van der Waals surface area contributed by atoms with Crippen molar-refractivity contribution in [3.63, 3.8) is 0 Å². The second kappa shape index (κ2) is 4.28. The standard InChI is InChI=1S/C6H13NO2S.ClH/c1-10(8,9)7-5-3-2-4-6-7;/h2-6H2,1H3;1H. The Bertz CT molecular complexity index is 197. The van der Waals surface area contributed by atoms with Crippen LogP contribution in [0.2, 0.25) is 0 Å². The number of hydrogen-bond donors (Lipinski definition) is 0. The van der Waals surface area contributed by atoms with Gasteiger partial charge in [0.15, 0.2) is 0 Å². The molecule has 0 bridgehead atoms. The summed E-state index contributed by atoms with van der Waals surface area (Å²) in [4.78, 5) is 0. The van der Waals surface area contributed by atoms with Crippen LogP contribution in [0.4, 0.5) is 0 Å². The molecule has 0 unspecified atom stereocenters. The van der Waals surface area contributed by atoms with Crippen LogP contribution in [-0.4, -0.2) is 32.1 Å². The molecule has 0 aromatic rings. The van der Waals surface area contributed by atoms with Crippen molar-refractivity contribution < 1.29 is 8.42 Å². The first-order valence-electron chi connectivity index (χ1n) is 3.56. The van der Waals surface area contributed by atoms with Crippen LogP contribution in [0.25, 0.3) is 0 Å². The molecule has 0 atom stereocenters. The Morgan fingerprint density at radius 1 is 1.09 bits per heavy atom. The van der Waals surface area contributed by atoms with E-state index in [1.165, 1.54) is 12.7 Å². The van der Waals surface area contributed by atoms with Gasteiger partial charge in [-0.15, -0.1) is 12.4 Å². The Morgan fingerprint density at radius 3 is 1.82 bits per heavy atom. The number of halogens is 1. The largest absolute Gasteiger partial charge is 0.213 e. The van der Waals surface area contributed by atoms with E-state index in [0.29, 0.717) is 0 Å². The van der Waals surface area contributed by atoms with Gasteiger partial charge in [-0.2, -0.15) is 0 Å². The highest BCUT2D eigenvalue weighted by atomic mass is 35.5. The summed E-state index contributed by atoms with van der Waals surface area (Å²) in [5, 5.41) is 0. The lowest BCUT2D eigenvalue weighted by atomic mass is 10.2. The van der Waals surface area contributed by atoms with E-state index in [1.54, 1.807) is 4.31 Å². The molecule has 0 saturated carbocycles. The van der Waals surface area contributed by atoms with Gasteiger partial charge in [0, 0.05) is 13.1 Å². The molecule has 0 aliphatic carbocycles. The average molecular weight is 200 g/mol. The van der Waals surface area contributed by atoms with Crippen molar-refractivity contribution in [2.45, 2.75) is 19.3 Å². The molecular weight excluding hydrogens is 186 g/mol. The van der Waals surface area contributed by atoms with Gasteiger partial charge in [0.25, 0.3) is 0 Å². The van der Waals surface area contributed by atoms with Gasteiger partial charge in [0.1, 0.15) is 0 Å². The van der Waals surface area contributed by atoms with Crippen molar-refractivity contribution in [2.75, 3.05) is 19.3 Å². The highest BCUT2D eigenvalue weighted by molar-refractivity contribution is 7.88. The lowest BCUT2D eigenvalue weighted by Gasteiger charge is -2.23. The molecule has 0 radical (unpaired) electrons. The van der Waals surface area contributed by atoms with E-state index in [0.717, 1.165) is 25.9 Å². The van der Waals surface area contributed by atoms with Gasteiger partial charge >= 0.3 is 0 Å². The number of piperidine rings is 1. The van der Waals surface area contributed by atoms with E-state index >= 15 is 0 Å². The monoisotopic (exact) mass is 199 g/mol. The second-order valence-electron chi connectivity index (χ2n) is 2.72. The molecule has 0 spiro atoms. The van der Waals surface area contributed by atoms with Crippen LogP contribution in [0, 0.1) is 0 Å². The van der Waals surface area contributed by atoms with Gasteiger partial charge in [-0.3, -0.25) is 0 Å². The molecule has 3 nitrogen and oxygen atoms in total. The summed E-state index contributed by atoms with van der Waals surface area (Å²) in [6, 6.07) is 0. The molecule has 5 heteroatoms. The highest BCUT2D eigenvalue weighted by Crippen LogP contribution is 2.11. The Hall–Kier alpha value is 0.200. The maximum atomic E-state index is 10.9. The Morgan fingerprint density at radius 2 is 1.55 bits per heavy atom. The first-order chi connectivity index (χ1) is 4.61. The summed E-state index contributed by atoms with van der Waals surface area (Å²) < 4.78 is 23.4. The van der Waals surface area contributed by atoms with E-state index in [9.17, 15) is 8.42 Å². The molecule has 0 N–H and O–H groups in total. The van der Waals surface area contributed by atoms with Crippen molar-refractivity contribution in [3.8, 4) is 0 Å². The fraction of sp³-hybridized carbons (Fsp3) is 1.00. The Balaban J connectivity index is 0.000001000. The van der Waals surface area contributed by atoms with E-state index in [2.05, 4.69) is 0 Å². The van der Waals surface area contributed by atoms with Crippen molar-refractivity contribution in [2.24, 2.45) is 0 Å². The molecular formula is C6H14ClNO2S. The van der Waals surface area contributed by atoms with E-state index in [-0.39, 0.29) is 12.4 Å². The summed E-state index contributed by atoms with van der Waals surface area (Å²) >= 11 is 0. The zero-order chi connectivity index (χ0) is 7.61. The van der Waals surface area contributed by atoms with Crippen LogP contribution in [0.5, 0.6) is 0 Å². The predicted molar refractivity (Wildman–Crippen MR) is 47.5 cm³/mol. The van der Waals surface area contributed by atoms with E-state index in [4.69, 9.17) is 0 Å². The Kier molecular flexibility index (Phi) is 4.36. The van der Waals surface area contributed by atoms with Crippen molar-refractivity contribution in [1.82, 2.24) is 4.31 Å². The zero-order valence-corrected chi connectivity index (χ0v) is 8.25. The summed E-state index contributed by atoms with van der Waals surface area (Å²) in [7, 11) is -2.89. The van der Waals surface area contributed by atoms with Gasteiger partial charge in [0.2, 0.25) is 10.0 Å². The van der Waals surface area contributed by atoms with Crippen LogP contribution in [-0.2, 0) is 10.0 Å². The maximum absolute atomic E-state index is 10.9. The van der Waals surface area contributed by atoms with Gasteiger partial charge < -0.3 is 0 Å². The SMILES string of the molecule is CS(=O)(=O)N1CCCCC1.Cl. The molecule has 11 heavy (non-hydrogen) atoms. The van der Waals surface area contributed by atoms with Crippen molar-refractivity contribution in [3.05, 3.63) is 0 Å². The average Bonchev–Trinajstić information content (AvgIpc) is 1.88. The quantitative estimate of drug-likeness (QED) is 0.628. The maximum Gasteiger partial charge on any atom is 0.211 e. The molecule has 1 aliphatic heterocycles. The number of sulfonamides is 1. The highest BCUT2D eigenvalue weighted by Gasteiger charge is 2.18. The first kappa shape index (κ1) is 11.2. The third kappa shape index (κ3) is 3.40.